The molecule has 1 heterocycles. The van der Waals surface area contributed by atoms with E-state index >= 15 is 0 Å². The van der Waals surface area contributed by atoms with Gasteiger partial charge in [-0.15, -0.1) is 0 Å². The zero-order valence-electron chi connectivity index (χ0n) is 48.6. The zero-order valence-corrected chi connectivity index (χ0v) is 48.6. The van der Waals surface area contributed by atoms with Crippen molar-refractivity contribution in [3.63, 3.8) is 0 Å². The molecule has 11 heteroatoms. The summed E-state index contributed by atoms with van der Waals surface area (Å²) >= 11 is 0. The zero-order chi connectivity index (χ0) is 55.4. The molecular formula is C65H115NO10. The van der Waals surface area contributed by atoms with Gasteiger partial charge in [-0.05, 0) is 70.6 Å². The lowest BCUT2D eigenvalue weighted by atomic mass is 9.99. The van der Waals surface area contributed by atoms with Crippen molar-refractivity contribution in [1.29, 1.82) is 0 Å². The first-order chi connectivity index (χ1) is 37.2. The molecule has 8 atom stereocenters. The average Bonchev–Trinajstić information content (AvgIpc) is 3.42. The molecule has 0 spiro atoms. The molecule has 76 heavy (non-hydrogen) atoms. The van der Waals surface area contributed by atoms with E-state index in [1.54, 1.807) is 6.08 Å². The molecule has 0 aromatic carbocycles. The van der Waals surface area contributed by atoms with E-state index in [9.17, 15) is 35.1 Å². The molecule has 1 fully saturated rings. The van der Waals surface area contributed by atoms with Gasteiger partial charge in [0.05, 0.1) is 25.4 Å². The van der Waals surface area contributed by atoms with Crippen molar-refractivity contribution in [2.75, 3.05) is 13.2 Å². The Bertz CT molecular complexity index is 1510. The van der Waals surface area contributed by atoms with Crippen molar-refractivity contribution in [2.45, 2.75) is 314 Å². The fourth-order valence-electron chi connectivity index (χ4n) is 9.44. The fourth-order valence-corrected chi connectivity index (χ4v) is 9.44. The summed E-state index contributed by atoms with van der Waals surface area (Å²) in [6, 6.07) is -1.03. The summed E-state index contributed by atoms with van der Waals surface area (Å²) < 4.78 is 17.6. The standard InChI is InChI=1S/C65H115NO10/c1-4-7-10-13-16-19-22-24-25-26-27-28-29-30-31-32-33-34-35-38-40-43-46-49-52-58(69)64(73)66-56(57(68)51-48-45-42-39-37-23-20-17-14-11-8-5-2)55-74-65-63(62(72)61(71)59(54-67)75-65)76-60(70)53-50-47-44-41-36-21-18-15-12-9-6-3/h7,10,16,19,24-25,27-28,30-31,48,51,56-59,61-63,65,67-69,71-72H,4-6,8-9,11-15,17-18,20-23,26,29,32-47,49-50,52-55H2,1-3H3,(H,66,73)/b10-7-,19-16-,25-24-,28-27-,31-30-,51-48+. The first-order valence-electron chi connectivity index (χ1n) is 31.2. The van der Waals surface area contributed by atoms with Gasteiger partial charge in [0.1, 0.15) is 24.4 Å². The van der Waals surface area contributed by atoms with E-state index in [1.165, 1.54) is 122 Å². The van der Waals surface area contributed by atoms with Gasteiger partial charge < -0.3 is 45.1 Å². The highest BCUT2D eigenvalue weighted by Gasteiger charge is 2.47. The van der Waals surface area contributed by atoms with Crippen LogP contribution in [-0.4, -0.2) is 99.6 Å². The Morgan fingerprint density at radius 2 is 0.947 bits per heavy atom. The molecule has 1 aliphatic heterocycles. The summed E-state index contributed by atoms with van der Waals surface area (Å²) in [6.45, 7) is 5.66. The lowest BCUT2D eigenvalue weighted by Gasteiger charge is -2.41. The maximum atomic E-state index is 13.4. The molecule has 0 bridgehead atoms. The van der Waals surface area contributed by atoms with Crippen LogP contribution in [-0.2, 0) is 23.8 Å². The van der Waals surface area contributed by atoms with Crippen LogP contribution in [0.1, 0.15) is 265 Å². The van der Waals surface area contributed by atoms with Crippen molar-refractivity contribution in [1.82, 2.24) is 5.32 Å². The quantitative estimate of drug-likeness (QED) is 0.0195. The highest BCUT2D eigenvalue weighted by Crippen LogP contribution is 2.26. The number of nitrogens with one attached hydrogen (secondary N) is 1. The van der Waals surface area contributed by atoms with Crippen LogP contribution in [0, 0.1) is 0 Å². The predicted molar refractivity (Wildman–Crippen MR) is 315 cm³/mol. The summed E-state index contributed by atoms with van der Waals surface area (Å²) in [7, 11) is 0. The van der Waals surface area contributed by atoms with Crippen LogP contribution in [0.4, 0.5) is 0 Å². The third-order valence-electron chi connectivity index (χ3n) is 14.4. The minimum Gasteiger partial charge on any atom is -0.454 e. The fraction of sp³-hybridized carbons (Fsp3) is 0.785. The number of hydrogen-bond acceptors (Lipinski definition) is 10. The van der Waals surface area contributed by atoms with Gasteiger partial charge in [0.25, 0.3) is 0 Å². The van der Waals surface area contributed by atoms with E-state index in [2.05, 4.69) is 86.8 Å². The van der Waals surface area contributed by atoms with Crippen LogP contribution < -0.4 is 5.32 Å². The second-order valence-corrected chi connectivity index (χ2v) is 21.4. The Balaban J connectivity index is 2.63. The average molecular weight is 1070 g/mol. The maximum absolute atomic E-state index is 13.4. The molecule has 11 nitrogen and oxygen atoms in total. The van der Waals surface area contributed by atoms with Crippen molar-refractivity contribution >= 4 is 11.9 Å². The van der Waals surface area contributed by atoms with E-state index in [1.807, 2.05) is 6.08 Å². The number of ether oxygens (including phenoxy) is 3. The normalized spacial score (nSPS) is 19.6. The van der Waals surface area contributed by atoms with Gasteiger partial charge in [-0.25, -0.2) is 0 Å². The van der Waals surface area contributed by atoms with Crippen molar-refractivity contribution in [2.24, 2.45) is 0 Å². The number of amides is 1. The summed E-state index contributed by atoms with van der Waals surface area (Å²) in [5, 5.41) is 56.9. The Morgan fingerprint density at radius 3 is 1.42 bits per heavy atom. The molecule has 6 N–H and O–H groups in total. The number of hydrogen-bond donors (Lipinski definition) is 6. The van der Waals surface area contributed by atoms with Crippen LogP contribution >= 0.6 is 0 Å². The number of aliphatic hydroxyl groups excluding tert-OH is 5. The Hall–Kier alpha value is -2.90. The monoisotopic (exact) mass is 1070 g/mol. The number of carbonyl (C=O) groups is 2. The van der Waals surface area contributed by atoms with Gasteiger partial charge in [0.15, 0.2) is 12.4 Å². The van der Waals surface area contributed by atoms with Gasteiger partial charge in [-0.2, -0.15) is 0 Å². The van der Waals surface area contributed by atoms with Gasteiger partial charge in [-0.3, -0.25) is 9.59 Å². The van der Waals surface area contributed by atoms with Gasteiger partial charge in [0, 0.05) is 6.42 Å². The SMILES string of the molecule is CC/C=C\C/C=C\C/C=C\C/C=C\C/C=C\CCCCCCCCCCC(O)C(=O)NC(COC1OC(CO)C(O)C(O)C1OC(=O)CCCCCCCCCCCCC)C(O)/C=C/CCCCCCCCCCCC. The Kier molecular flexibility index (Phi) is 49.4. The number of rotatable bonds is 52. The second-order valence-electron chi connectivity index (χ2n) is 21.4. The van der Waals surface area contributed by atoms with Crippen molar-refractivity contribution in [3.05, 3.63) is 72.9 Å². The molecule has 0 aromatic heterocycles. The Labute approximate surface area is 464 Å². The molecule has 440 valence electrons. The van der Waals surface area contributed by atoms with Crippen LogP contribution in [0.3, 0.4) is 0 Å². The Morgan fingerprint density at radius 1 is 0.526 bits per heavy atom. The third-order valence-corrected chi connectivity index (χ3v) is 14.4. The molecule has 1 rings (SSSR count). The van der Waals surface area contributed by atoms with Crippen LogP contribution in [0.25, 0.3) is 0 Å². The van der Waals surface area contributed by atoms with Crippen molar-refractivity contribution < 1.29 is 49.3 Å². The molecule has 0 aliphatic carbocycles. The van der Waals surface area contributed by atoms with Crippen LogP contribution in [0.15, 0.2) is 72.9 Å². The van der Waals surface area contributed by atoms with E-state index in [-0.39, 0.29) is 19.4 Å². The molecule has 1 aliphatic rings. The number of esters is 1. The number of carbonyl (C=O) groups excluding carboxylic acids is 2. The second kappa shape index (κ2) is 52.8. The van der Waals surface area contributed by atoms with Crippen LogP contribution in [0.5, 0.6) is 0 Å². The van der Waals surface area contributed by atoms with Crippen molar-refractivity contribution in [3.8, 4) is 0 Å². The van der Waals surface area contributed by atoms with E-state index in [0.29, 0.717) is 12.8 Å². The smallest absolute Gasteiger partial charge is 0.306 e. The molecule has 1 saturated heterocycles. The summed E-state index contributed by atoms with van der Waals surface area (Å²) in [4.78, 5) is 26.5. The number of unbranched alkanes of at least 4 members (excludes halogenated alkanes) is 28. The lowest BCUT2D eigenvalue weighted by molar-refractivity contribution is -0.305. The minimum absolute atomic E-state index is 0.124. The molecule has 8 unspecified atom stereocenters. The minimum atomic E-state index is -1.61. The summed E-state index contributed by atoms with van der Waals surface area (Å²) in [5.74, 6) is -1.20. The van der Waals surface area contributed by atoms with Gasteiger partial charge in [-0.1, -0.05) is 261 Å². The largest absolute Gasteiger partial charge is 0.454 e. The van der Waals surface area contributed by atoms with E-state index < -0.39 is 67.4 Å². The lowest BCUT2D eigenvalue weighted by Crippen LogP contribution is -2.61. The number of allylic oxidation sites excluding steroid dienone is 11. The number of aliphatic hydroxyl groups is 5. The highest BCUT2D eigenvalue weighted by atomic mass is 16.7. The first-order valence-corrected chi connectivity index (χ1v) is 31.2. The predicted octanol–water partition coefficient (Wildman–Crippen LogP) is 14.8. The van der Waals surface area contributed by atoms with E-state index in [0.717, 1.165) is 96.3 Å². The molecule has 0 aromatic rings. The van der Waals surface area contributed by atoms with Crippen LogP contribution in [0.2, 0.25) is 0 Å². The van der Waals surface area contributed by atoms with E-state index in [4.69, 9.17) is 14.2 Å². The third kappa shape index (κ3) is 40.3. The molecule has 1 amide bonds. The highest BCUT2D eigenvalue weighted by molar-refractivity contribution is 5.80. The van der Waals surface area contributed by atoms with Gasteiger partial charge >= 0.3 is 5.97 Å². The topological polar surface area (TPSA) is 175 Å². The first kappa shape index (κ1) is 71.1. The molecule has 0 radical (unpaired) electrons. The molecule has 0 saturated carbocycles. The summed E-state index contributed by atoms with van der Waals surface area (Å²) in [6.07, 6.45) is 56.6. The summed E-state index contributed by atoms with van der Waals surface area (Å²) in [5.41, 5.74) is 0. The van der Waals surface area contributed by atoms with Gasteiger partial charge in [0.2, 0.25) is 5.91 Å². The molecular weight excluding hydrogens is 955 g/mol. The maximum Gasteiger partial charge on any atom is 0.306 e.